The Morgan fingerprint density at radius 1 is 1.26 bits per heavy atom. The molecule has 2 rings (SSSR count). The molecule has 1 heterocycles. The van der Waals surface area contributed by atoms with E-state index >= 15 is 0 Å². The van der Waals surface area contributed by atoms with Gasteiger partial charge in [0.2, 0.25) is 0 Å². The molecule has 98 valence electrons. The first kappa shape index (κ1) is 14.0. The standard InChI is InChI=1S/C13H10Br2N2O2/c1-7-4-12(9(6-16-7)13(18)19)17-11-3-2-8(14)5-10(11)15/h2-6H,1H3,(H,16,17)(H,18,19). The minimum absolute atomic E-state index is 0.139. The Morgan fingerprint density at radius 2 is 2.00 bits per heavy atom. The number of carboxylic acids is 1. The maximum Gasteiger partial charge on any atom is 0.339 e. The first-order valence-corrected chi connectivity index (χ1v) is 6.98. The van der Waals surface area contributed by atoms with E-state index in [1.165, 1.54) is 6.20 Å². The second-order valence-electron chi connectivity index (χ2n) is 3.93. The lowest BCUT2D eigenvalue weighted by molar-refractivity contribution is 0.0697. The molecule has 0 amide bonds. The molecule has 19 heavy (non-hydrogen) atoms. The SMILES string of the molecule is Cc1cc(Nc2ccc(Br)cc2Br)c(C(=O)O)cn1. The summed E-state index contributed by atoms with van der Waals surface area (Å²) >= 11 is 6.80. The molecule has 0 unspecified atom stereocenters. The van der Waals surface area contributed by atoms with E-state index in [1.807, 2.05) is 25.1 Å². The number of anilines is 2. The van der Waals surface area contributed by atoms with Gasteiger partial charge in [0.05, 0.1) is 11.4 Å². The highest BCUT2D eigenvalue weighted by Crippen LogP contribution is 2.30. The van der Waals surface area contributed by atoms with Gasteiger partial charge in [-0.15, -0.1) is 0 Å². The van der Waals surface area contributed by atoms with Crippen LogP contribution >= 0.6 is 31.9 Å². The Morgan fingerprint density at radius 3 is 2.63 bits per heavy atom. The fourth-order valence-corrected chi connectivity index (χ4v) is 2.72. The number of rotatable bonds is 3. The van der Waals surface area contributed by atoms with E-state index in [-0.39, 0.29) is 5.56 Å². The molecule has 1 aromatic carbocycles. The zero-order valence-electron chi connectivity index (χ0n) is 9.95. The molecule has 4 nitrogen and oxygen atoms in total. The third kappa shape index (κ3) is 3.33. The number of hydrogen-bond acceptors (Lipinski definition) is 3. The number of benzene rings is 1. The number of aryl methyl sites for hydroxylation is 1. The van der Waals surface area contributed by atoms with E-state index in [2.05, 4.69) is 42.2 Å². The van der Waals surface area contributed by atoms with Crippen molar-refractivity contribution in [1.82, 2.24) is 4.98 Å². The van der Waals surface area contributed by atoms with Crippen molar-refractivity contribution in [2.45, 2.75) is 6.92 Å². The molecule has 1 aromatic heterocycles. The molecule has 0 atom stereocenters. The van der Waals surface area contributed by atoms with Crippen molar-refractivity contribution in [3.05, 3.63) is 50.7 Å². The highest BCUT2D eigenvalue weighted by Gasteiger charge is 2.12. The van der Waals surface area contributed by atoms with Gasteiger partial charge in [-0.25, -0.2) is 4.79 Å². The van der Waals surface area contributed by atoms with Gasteiger partial charge in [-0.2, -0.15) is 0 Å². The van der Waals surface area contributed by atoms with Crippen molar-refractivity contribution in [2.75, 3.05) is 5.32 Å². The first-order chi connectivity index (χ1) is 8.97. The third-order valence-electron chi connectivity index (χ3n) is 2.47. The van der Waals surface area contributed by atoms with Gasteiger partial charge in [-0.05, 0) is 47.1 Å². The van der Waals surface area contributed by atoms with Crippen LogP contribution in [0.3, 0.4) is 0 Å². The zero-order valence-corrected chi connectivity index (χ0v) is 13.1. The third-order valence-corrected chi connectivity index (χ3v) is 3.62. The predicted molar refractivity (Wildman–Crippen MR) is 81.1 cm³/mol. The summed E-state index contributed by atoms with van der Waals surface area (Å²) in [6, 6.07) is 7.33. The fraction of sp³-hybridized carbons (Fsp3) is 0.0769. The molecule has 0 aliphatic heterocycles. The molecule has 0 radical (unpaired) electrons. The highest BCUT2D eigenvalue weighted by molar-refractivity contribution is 9.11. The van der Waals surface area contributed by atoms with Crippen LogP contribution in [0.1, 0.15) is 16.1 Å². The maximum absolute atomic E-state index is 11.2. The predicted octanol–water partition coefficient (Wildman–Crippen LogP) is 4.36. The Bertz CT molecular complexity index is 645. The lowest BCUT2D eigenvalue weighted by Gasteiger charge is -2.12. The number of nitrogens with zero attached hydrogens (tertiary/aromatic N) is 1. The number of carboxylic acid groups (broad SMARTS) is 1. The summed E-state index contributed by atoms with van der Waals surface area (Å²) < 4.78 is 1.78. The van der Waals surface area contributed by atoms with Crippen LogP contribution in [-0.2, 0) is 0 Å². The number of carbonyl (C=O) groups is 1. The normalized spacial score (nSPS) is 10.3. The number of aromatic nitrogens is 1. The van der Waals surface area contributed by atoms with Gasteiger partial charge < -0.3 is 10.4 Å². The van der Waals surface area contributed by atoms with Gasteiger partial charge in [0.1, 0.15) is 5.56 Å². The summed E-state index contributed by atoms with van der Waals surface area (Å²) in [5.74, 6) is -1.01. The number of hydrogen-bond donors (Lipinski definition) is 2. The summed E-state index contributed by atoms with van der Waals surface area (Å²) in [7, 11) is 0. The molecule has 0 saturated carbocycles. The number of pyridine rings is 1. The van der Waals surface area contributed by atoms with Gasteiger partial charge in [-0.3, -0.25) is 4.98 Å². The van der Waals surface area contributed by atoms with Crippen LogP contribution in [0.25, 0.3) is 0 Å². The Kier molecular flexibility index (Phi) is 4.21. The Balaban J connectivity index is 2.42. The van der Waals surface area contributed by atoms with Crippen LogP contribution in [0.4, 0.5) is 11.4 Å². The average molecular weight is 386 g/mol. The van der Waals surface area contributed by atoms with Crippen LogP contribution < -0.4 is 5.32 Å². The van der Waals surface area contributed by atoms with Crippen LogP contribution in [0, 0.1) is 6.92 Å². The minimum atomic E-state index is -1.01. The van der Waals surface area contributed by atoms with Crippen LogP contribution in [0.2, 0.25) is 0 Å². The van der Waals surface area contributed by atoms with E-state index in [0.29, 0.717) is 5.69 Å². The molecule has 0 aliphatic carbocycles. The molecular weight excluding hydrogens is 376 g/mol. The average Bonchev–Trinajstić information content (AvgIpc) is 2.32. The van der Waals surface area contributed by atoms with Gasteiger partial charge in [0.15, 0.2) is 0 Å². The number of nitrogens with one attached hydrogen (secondary N) is 1. The fourth-order valence-electron chi connectivity index (χ4n) is 1.57. The molecule has 0 fully saturated rings. The van der Waals surface area contributed by atoms with Crippen LogP contribution in [-0.4, -0.2) is 16.1 Å². The van der Waals surface area contributed by atoms with Crippen molar-refractivity contribution in [3.8, 4) is 0 Å². The van der Waals surface area contributed by atoms with Crippen LogP contribution in [0.15, 0.2) is 39.4 Å². The summed E-state index contributed by atoms with van der Waals surface area (Å²) in [6.45, 7) is 1.81. The summed E-state index contributed by atoms with van der Waals surface area (Å²) in [5, 5.41) is 12.3. The molecule has 2 aromatic rings. The monoisotopic (exact) mass is 384 g/mol. The van der Waals surface area contributed by atoms with E-state index in [1.54, 1.807) is 6.07 Å². The second-order valence-corrected chi connectivity index (χ2v) is 5.70. The van der Waals surface area contributed by atoms with Gasteiger partial charge in [-0.1, -0.05) is 15.9 Å². The second kappa shape index (κ2) is 5.71. The van der Waals surface area contributed by atoms with E-state index in [4.69, 9.17) is 5.11 Å². The molecule has 0 aliphatic rings. The van der Waals surface area contributed by atoms with Crippen molar-refractivity contribution >= 4 is 49.2 Å². The number of halogens is 2. The maximum atomic E-state index is 11.2. The molecule has 0 bridgehead atoms. The van der Waals surface area contributed by atoms with Gasteiger partial charge >= 0.3 is 5.97 Å². The molecule has 0 saturated heterocycles. The molecule has 2 N–H and O–H groups in total. The smallest absolute Gasteiger partial charge is 0.339 e. The zero-order chi connectivity index (χ0) is 14.0. The van der Waals surface area contributed by atoms with Crippen LogP contribution in [0.5, 0.6) is 0 Å². The van der Waals surface area contributed by atoms with E-state index in [9.17, 15) is 4.79 Å². The van der Waals surface area contributed by atoms with Crippen molar-refractivity contribution in [3.63, 3.8) is 0 Å². The quantitative estimate of drug-likeness (QED) is 0.824. The summed E-state index contributed by atoms with van der Waals surface area (Å²) in [6.07, 6.45) is 1.35. The molecule has 0 spiro atoms. The highest BCUT2D eigenvalue weighted by atomic mass is 79.9. The largest absolute Gasteiger partial charge is 0.478 e. The van der Waals surface area contributed by atoms with Crippen molar-refractivity contribution in [2.24, 2.45) is 0 Å². The Labute approximate surface area is 127 Å². The lowest BCUT2D eigenvalue weighted by Crippen LogP contribution is -2.04. The molecular formula is C13H10Br2N2O2. The summed E-state index contributed by atoms with van der Waals surface area (Å²) in [5.41, 5.74) is 2.19. The van der Waals surface area contributed by atoms with E-state index < -0.39 is 5.97 Å². The summed E-state index contributed by atoms with van der Waals surface area (Å²) in [4.78, 5) is 15.2. The van der Waals surface area contributed by atoms with Gasteiger partial charge in [0, 0.05) is 20.8 Å². The Hall–Kier alpha value is -1.40. The first-order valence-electron chi connectivity index (χ1n) is 5.39. The topological polar surface area (TPSA) is 62.2 Å². The van der Waals surface area contributed by atoms with Crippen molar-refractivity contribution in [1.29, 1.82) is 0 Å². The molecule has 6 heteroatoms. The van der Waals surface area contributed by atoms with E-state index in [0.717, 1.165) is 20.3 Å². The number of aromatic carboxylic acids is 1. The lowest BCUT2D eigenvalue weighted by atomic mass is 10.2. The minimum Gasteiger partial charge on any atom is -0.478 e. The van der Waals surface area contributed by atoms with Gasteiger partial charge in [0.25, 0.3) is 0 Å². The van der Waals surface area contributed by atoms with Crippen molar-refractivity contribution < 1.29 is 9.90 Å².